The lowest BCUT2D eigenvalue weighted by Gasteiger charge is -2.42. The summed E-state index contributed by atoms with van der Waals surface area (Å²) in [5.41, 5.74) is 2.57. The standard InChI is InChI=1S/C34H45N9O4/c1-21-12-15-42(23-10-11-24(35-6)37-27(21)23)31-28-30(43(40-31)26-9-7-8-18-45-26)38-25(19-36-28)41-16-13-34(14-17-41)20-46-22(2)29(34)39-32(44)47-33(3,4)5/h10-11,19,21-22,26,29H,7-9,12-18,20H2,1-5H3,(H,39,44)/t21-,22+,26?,29-/m1/s1. The topological polar surface area (TPSA) is 124 Å². The molecule has 0 bridgehead atoms. The molecule has 13 heteroatoms. The van der Waals surface area contributed by atoms with Crippen LogP contribution in [0.4, 0.5) is 27.9 Å². The number of rotatable bonds is 4. The van der Waals surface area contributed by atoms with Crippen LogP contribution in [0.5, 0.6) is 0 Å². The first kappa shape index (κ1) is 31.6. The van der Waals surface area contributed by atoms with Crippen LogP contribution >= 0.6 is 0 Å². The minimum Gasteiger partial charge on any atom is -0.444 e. The van der Waals surface area contributed by atoms with Gasteiger partial charge in [-0.05, 0) is 78.4 Å². The number of hydrogen-bond donors (Lipinski definition) is 1. The summed E-state index contributed by atoms with van der Waals surface area (Å²) in [6.45, 7) is 20.8. The SMILES string of the molecule is [C-]#[N+]c1ccc2c(n1)[C@H](C)CCN2c1nn(C2CCCCO2)c2nc(N3CCC4(CC3)CO[C@@H](C)[C@H]4NC(=O)OC(C)(C)C)cnc12. The first-order valence-corrected chi connectivity index (χ1v) is 16.9. The molecule has 7 rings (SSSR count). The van der Waals surface area contributed by atoms with Crippen LogP contribution in [0.1, 0.15) is 91.0 Å². The number of pyridine rings is 1. The summed E-state index contributed by atoms with van der Waals surface area (Å²) in [4.78, 5) is 35.6. The molecule has 4 atom stereocenters. The van der Waals surface area contributed by atoms with Crippen LogP contribution < -0.4 is 15.1 Å². The van der Waals surface area contributed by atoms with Crippen molar-refractivity contribution in [3.8, 4) is 0 Å². The maximum Gasteiger partial charge on any atom is 0.407 e. The van der Waals surface area contributed by atoms with Crippen molar-refractivity contribution in [1.29, 1.82) is 0 Å². The van der Waals surface area contributed by atoms with Gasteiger partial charge in [0.2, 0.25) is 0 Å². The first-order chi connectivity index (χ1) is 22.5. The second-order valence-corrected chi connectivity index (χ2v) is 14.5. The fourth-order valence-electron chi connectivity index (χ4n) is 7.57. The van der Waals surface area contributed by atoms with Crippen molar-refractivity contribution in [2.24, 2.45) is 5.41 Å². The highest BCUT2D eigenvalue weighted by Crippen LogP contribution is 2.44. The third-order valence-corrected chi connectivity index (χ3v) is 10.1. The van der Waals surface area contributed by atoms with Crippen molar-refractivity contribution in [3.63, 3.8) is 0 Å². The summed E-state index contributed by atoms with van der Waals surface area (Å²) >= 11 is 0. The Balaban J connectivity index is 1.17. The van der Waals surface area contributed by atoms with E-state index in [0.717, 1.165) is 86.7 Å². The molecule has 0 aromatic carbocycles. The minimum absolute atomic E-state index is 0.0977. The second kappa shape index (κ2) is 12.2. The zero-order valence-corrected chi connectivity index (χ0v) is 28.0. The van der Waals surface area contributed by atoms with E-state index in [4.69, 9.17) is 35.8 Å². The molecule has 7 heterocycles. The van der Waals surface area contributed by atoms with Crippen LogP contribution in [0.25, 0.3) is 16.0 Å². The summed E-state index contributed by atoms with van der Waals surface area (Å²) in [5.74, 6) is 2.19. The van der Waals surface area contributed by atoms with Gasteiger partial charge >= 0.3 is 6.09 Å². The average Bonchev–Trinajstić information content (AvgIpc) is 3.58. The molecule has 13 nitrogen and oxygen atoms in total. The molecule has 4 aliphatic rings. The van der Waals surface area contributed by atoms with E-state index in [9.17, 15) is 4.79 Å². The number of carbonyl (C=O) groups is 1. The van der Waals surface area contributed by atoms with Gasteiger partial charge in [0, 0.05) is 37.6 Å². The van der Waals surface area contributed by atoms with Crippen LogP contribution in [0.15, 0.2) is 18.3 Å². The van der Waals surface area contributed by atoms with E-state index in [-0.39, 0.29) is 29.7 Å². The predicted octanol–water partition coefficient (Wildman–Crippen LogP) is 6.02. The van der Waals surface area contributed by atoms with Gasteiger partial charge in [0.15, 0.2) is 28.9 Å². The summed E-state index contributed by atoms with van der Waals surface area (Å²) < 4.78 is 19.8. The Hall–Kier alpha value is -4.02. The zero-order chi connectivity index (χ0) is 32.9. The van der Waals surface area contributed by atoms with Gasteiger partial charge in [0.25, 0.3) is 5.82 Å². The normalized spacial score (nSPS) is 25.9. The Morgan fingerprint density at radius 2 is 1.91 bits per heavy atom. The molecule has 3 aromatic rings. The number of ether oxygens (including phenoxy) is 3. The number of anilines is 3. The molecule has 3 fully saturated rings. The zero-order valence-electron chi connectivity index (χ0n) is 28.0. The molecule has 1 N–H and O–H groups in total. The van der Waals surface area contributed by atoms with Crippen LogP contribution in [-0.4, -0.2) is 81.4 Å². The smallest absolute Gasteiger partial charge is 0.407 e. The molecule has 3 aromatic heterocycles. The van der Waals surface area contributed by atoms with E-state index in [1.807, 2.05) is 44.6 Å². The number of alkyl carbamates (subject to hydrolysis) is 1. The Morgan fingerprint density at radius 1 is 1.11 bits per heavy atom. The maximum absolute atomic E-state index is 12.7. The third-order valence-electron chi connectivity index (χ3n) is 10.1. The van der Waals surface area contributed by atoms with E-state index in [0.29, 0.717) is 24.7 Å². The number of nitrogens with zero attached hydrogens (tertiary/aromatic N) is 8. The highest BCUT2D eigenvalue weighted by Gasteiger charge is 2.50. The lowest BCUT2D eigenvalue weighted by molar-refractivity contribution is -0.0368. The molecule has 0 radical (unpaired) electrons. The Kier molecular flexibility index (Phi) is 8.20. The highest BCUT2D eigenvalue weighted by atomic mass is 16.6. The Labute approximate surface area is 275 Å². The fraction of sp³-hybridized carbons (Fsp3) is 0.647. The molecule has 250 valence electrons. The van der Waals surface area contributed by atoms with Gasteiger partial charge in [0.1, 0.15) is 11.4 Å². The van der Waals surface area contributed by atoms with Crippen molar-refractivity contribution < 1.29 is 19.0 Å². The van der Waals surface area contributed by atoms with Gasteiger partial charge in [-0.1, -0.05) is 13.5 Å². The van der Waals surface area contributed by atoms with E-state index in [1.165, 1.54) is 0 Å². The molecule has 1 unspecified atom stereocenters. The van der Waals surface area contributed by atoms with Gasteiger partial charge < -0.3 is 34.2 Å². The summed E-state index contributed by atoms with van der Waals surface area (Å²) in [6, 6.07) is 3.63. The van der Waals surface area contributed by atoms with Crippen molar-refractivity contribution in [1.82, 2.24) is 30.0 Å². The van der Waals surface area contributed by atoms with E-state index >= 15 is 0 Å². The van der Waals surface area contributed by atoms with Gasteiger partial charge in [-0.2, -0.15) is 0 Å². The van der Waals surface area contributed by atoms with Crippen LogP contribution in [0.2, 0.25) is 0 Å². The van der Waals surface area contributed by atoms with Gasteiger partial charge in [-0.3, -0.25) is 0 Å². The van der Waals surface area contributed by atoms with Gasteiger partial charge in [0.05, 0.1) is 30.6 Å². The maximum atomic E-state index is 12.7. The molecular formula is C34H45N9O4. The predicted molar refractivity (Wildman–Crippen MR) is 177 cm³/mol. The summed E-state index contributed by atoms with van der Waals surface area (Å²) in [6.07, 6.45) is 6.69. The molecule has 47 heavy (non-hydrogen) atoms. The molecule has 4 aliphatic heterocycles. The number of piperidine rings is 1. The van der Waals surface area contributed by atoms with Crippen LogP contribution in [-0.2, 0) is 14.2 Å². The largest absolute Gasteiger partial charge is 0.444 e. The number of fused-ring (bicyclic) bond motifs is 2. The third kappa shape index (κ3) is 5.97. The van der Waals surface area contributed by atoms with Crippen LogP contribution in [0, 0.1) is 12.0 Å². The second-order valence-electron chi connectivity index (χ2n) is 14.5. The highest BCUT2D eigenvalue weighted by molar-refractivity contribution is 5.88. The first-order valence-electron chi connectivity index (χ1n) is 16.9. The molecule has 1 amide bonds. The molecule has 3 saturated heterocycles. The average molecular weight is 644 g/mol. The van der Waals surface area contributed by atoms with E-state index in [1.54, 1.807) is 6.07 Å². The quantitative estimate of drug-likeness (QED) is 0.338. The molecule has 0 aliphatic carbocycles. The number of carbonyl (C=O) groups excluding carboxylic acids is 1. The number of nitrogens with one attached hydrogen (secondary N) is 1. The lowest BCUT2D eigenvalue weighted by Crippen LogP contribution is -2.55. The number of amides is 1. The van der Waals surface area contributed by atoms with Gasteiger partial charge in [-0.15, -0.1) is 10.1 Å². The summed E-state index contributed by atoms with van der Waals surface area (Å²) in [7, 11) is 0. The Bertz CT molecular complexity index is 1680. The Morgan fingerprint density at radius 3 is 2.64 bits per heavy atom. The number of hydrogen-bond acceptors (Lipinski definition) is 10. The van der Waals surface area contributed by atoms with E-state index in [2.05, 4.69) is 31.9 Å². The van der Waals surface area contributed by atoms with Crippen molar-refractivity contribution >= 4 is 40.4 Å². The lowest BCUT2D eigenvalue weighted by atomic mass is 9.73. The minimum atomic E-state index is -0.565. The molecular weight excluding hydrogens is 598 g/mol. The molecule has 0 saturated carbocycles. The van der Waals surface area contributed by atoms with Gasteiger partial charge in [-0.25, -0.2) is 19.4 Å². The number of aromatic nitrogens is 5. The van der Waals surface area contributed by atoms with Crippen molar-refractivity contribution in [2.45, 2.75) is 103 Å². The summed E-state index contributed by atoms with van der Waals surface area (Å²) in [5, 5.41) is 8.27. The molecule has 1 spiro atoms. The van der Waals surface area contributed by atoms with Crippen molar-refractivity contribution in [3.05, 3.63) is 35.4 Å². The van der Waals surface area contributed by atoms with Crippen LogP contribution in [0.3, 0.4) is 0 Å². The fourth-order valence-corrected chi connectivity index (χ4v) is 7.57. The monoisotopic (exact) mass is 643 g/mol. The van der Waals surface area contributed by atoms with Crippen molar-refractivity contribution in [2.75, 3.05) is 42.6 Å². The van der Waals surface area contributed by atoms with E-state index < -0.39 is 11.7 Å².